The maximum absolute atomic E-state index is 6.72. The molecule has 0 atom stereocenters. The standard InChI is InChI=1S/C51H32N4O/c1-4-16-33(17-5-1)37-22-10-11-23-38(37)36-30-31-41-46(32-36)56-45-29-15-28-44(47(41)45)55-43-27-13-12-24-39(43)40-25-14-26-42(48(40)55)51-53-49(34-18-6-2-7-19-34)52-50(54-51)35-20-8-3-9-21-35/h1-32H. The van der Waals surface area contributed by atoms with Crippen molar-refractivity contribution in [3.05, 3.63) is 194 Å². The van der Waals surface area contributed by atoms with Gasteiger partial charge in [0.05, 0.1) is 22.1 Å². The van der Waals surface area contributed by atoms with E-state index in [1.54, 1.807) is 0 Å². The number of para-hydroxylation sites is 2. The third-order valence-corrected chi connectivity index (χ3v) is 10.7. The summed E-state index contributed by atoms with van der Waals surface area (Å²) in [6.45, 7) is 0. The monoisotopic (exact) mass is 716 g/mol. The fraction of sp³-hybridized carbons (Fsp3) is 0. The summed E-state index contributed by atoms with van der Waals surface area (Å²) in [6.07, 6.45) is 0. The van der Waals surface area contributed by atoms with Crippen LogP contribution >= 0.6 is 0 Å². The average molecular weight is 717 g/mol. The van der Waals surface area contributed by atoms with E-state index in [4.69, 9.17) is 19.4 Å². The van der Waals surface area contributed by atoms with Gasteiger partial charge in [-0.1, -0.05) is 158 Å². The minimum atomic E-state index is 0.610. The van der Waals surface area contributed by atoms with E-state index in [1.807, 2.05) is 60.7 Å². The molecule has 262 valence electrons. The zero-order chi connectivity index (χ0) is 37.0. The molecule has 0 fully saturated rings. The van der Waals surface area contributed by atoms with Crippen molar-refractivity contribution < 1.29 is 4.42 Å². The van der Waals surface area contributed by atoms with Crippen molar-refractivity contribution >= 4 is 43.7 Å². The lowest BCUT2D eigenvalue weighted by atomic mass is 9.94. The van der Waals surface area contributed by atoms with Crippen LogP contribution in [0.15, 0.2) is 199 Å². The highest BCUT2D eigenvalue weighted by atomic mass is 16.3. The van der Waals surface area contributed by atoms with Crippen molar-refractivity contribution in [3.63, 3.8) is 0 Å². The second-order valence-corrected chi connectivity index (χ2v) is 14.0. The van der Waals surface area contributed by atoms with E-state index in [1.165, 1.54) is 11.1 Å². The van der Waals surface area contributed by atoms with Crippen molar-refractivity contribution in [2.45, 2.75) is 0 Å². The Balaban J connectivity index is 1.16. The van der Waals surface area contributed by atoms with Crippen molar-refractivity contribution in [2.75, 3.05) is 0 Å². The van der Waals surface area contributed by atoms with Crippen LogP contribution in [0, 0.1) is 0 Å². The Hall–Kier alpha value is -7.63. The normalized spacial score (nSPS) is 11.6. The van der Waals surface area contributed by atoms with Crippen LogP contribution in [-0.4, -0.2) is 19.5 Å². The molecule has 5 heteroatoms. The molecule has 11 rings (SSSR count). The molecule has 0 spiro atoms. The molecule has 0 saturated carbocycles. The SMILES string of the molecule is c1ccc(-c2nc(-c3ccccc3)nc(-c3cccc4c5ccccc5n(-c5cccc6oc7cc(-c8ccccc8-c8ccccc8)ccc7c56)c34)n2)cc1. The molecule has 0 aliphatic heterocycles. The molecule has 0 aliphatic carbocycles. The van der Waals surface area contributed by atoms with Gasteiger partial charge in [-0.25, -0.2) is 15.0 Å². The van der Waals surface area contributed by atoms with Gasteiger partial charge in [-0.15, -0.1) is 0 Å². The van der Waals surface area contributed by atoms with E-state index >= 15 is 0 Å². The Kier molecular flexibility index (Phi) is 7.42. The Morgan fingerprint density at radius 3 is 1.62 bits per heavy atom. The first-order chi connectivity index (χ1) is 27.8. The summed E-state index contributed by atoms with van der Waals surface area (Å²) in [4.78, 5) is 15.3. The predicted octanol–water partition coefficient (Wildman–Crippen LogP) is 13.2. The van der Waals surface area contributed by atoms with Crippen molar-refractivity contribution in [3.8, 4) is 62.1 Å². The summed E-state index contributed by atoms with van der Waals surface area (Å²) in [5.41, 5.74) is 12.2. The number of furan rings is 1. The summed E-state index contributed by atoms with van der Waals surface area (Å²) < 4.78 is 9.09. The van der Waals surface area contributed by atoms with Gasteiger partial charge in [-0.2, -0.15) is 0 Å². The zero-order valence-corrected chi connectivity index (χ0v) is 30.2. The molecule has 5 nitrogen and oxygen atoms in total. The van der Waals surface area contributed by atoms with Gasteiger partial charge in [0.1, 0.15) is 11.2 Å². The Bertz CT molecular complexity index is 3180. The molecule has 56 heavy (non-hydrogen) atoms. The van der Waals surface area contributed by atoms with Gasteiger partial charge >= 0.3 is 0 Å². The maximum atomic E-state index is 6.72. The molecule has 3 heterocycles. The van der Waals surface area contributed by atoms with Gasteiger partial charge in [-0.3, -0.25) is 0 Å². The van der Waals surface area contributed by atoms with E-state index in [2.05, 4.69) is 138 Å². The number of aromatic nitrogens is 4. The number of rotatable bonds is 6. The molecule has 0 N–H and O–H groups in total. The van der Waals surface area contributed by atoms with Gasteiger partial charge in [0, 0.05) is 32.8 Å². The summed E-state index contributed by atoms with van der Waals surface area (Å²) >= 11 is 0. The first kappa shape index (κ1) is 31.9. The summed E-state index contributed by atoms with van der Waals surface area (Å²) in [5, 5.41) is 4.37. The molecule has 3 aromatic heterocycles. The fourth-order valence-corrected chi connectivity index (χ4v) is 8.14. The second-order valence-electron chi connectivity index (χ2n) is 14.0. The van der Waals surface area contributed by atoms with Crippen LogP contribution in [0.3, 0.4) is 0 Å². The highest BCUT2D eigenvalue weighted by molar-refractivity contribution is 6.17. The van der Waals surface area contributed by atoms with Crippen LogP contribution in [-0.2, 0) is 0 Å². The first-order valence-corrected chi connectivity index (χ1v) is 18.8. The average Bonchev–Trinajstić information content (AvgIpc) is 3.83. The van der Waals surface area contributed by atoms with Crippen LogP contribution in [0.25, 0.3) is 106 Å². The number of hydrogen-bond donors (Lipinski definition) is 0. The molecule has 8 aromatic carbocycles. The van der Waals surface area contributed by atoms with E-state index in [0.717, 1.165) is 77.2 Å². The molecular formula is C51H32N4O. The summed E-state index contributed by atoms with van der Waals surface area (Å²) in [5.74, 6) is 1.86. The third-order valence-electron chi connectivity index (χ3n) is 10.7. The second kappa shape index (κ2) is 13.0. The van der Waals surface area contributed by atoms with E-state index in [-0.39, 0.29) is 0 Å². The molecule has 0 aliphatic rings. The van der Waals surface area contributed by atoms with Crippen LogP contribution in [0.5, 0.6) is 0 Å². The highest BCUT2D eigenvalue weighted by Crippen LogP contribution is 2.43. The van der Waals surface area contributed by atoms with Crippen molar-refractivity contribution in [2.24, 2.45) is 0 Å². The third kappa shape index (κ3) is 5.21. The van der Waals surface area contributed by atoms with Crippen molar-refractivity contribution in [1.29, 1.82) is 0 Å². The van der Waals surface area contributed by atoms with E-state index in [0.29, 0.717) is 17.5 Å². The Morgan fingerprint density at radius 2 is 0.911 bits per heavy atom. The topological polar surface area (TPSA) is 56.7 Å². The molecule has 11 aromatic rings. The van der Waals surface area contributed by atoms with Crippen LogP contribution in [0.1, 0.15) is 0 Å². The van der Waals surface area contributed by atoms with Gasteiger partial charge in [0.25, 0.3) is 0 Å². The Morgan fingerprint density at radius 1 is 0.357 bits per heavy atom. The molecular weight excluding hydrogens is 685 g/mol. The van der Waals surface area contributed by atoms with Crippen LogP contribution < -0.4 is 0 Å². The molecule has 0 saturated heterocycles. The molecule has 0 unspecified atom stereocenters. The minimum Gasteiger partial charge on any atom is -0.456 e. The van der Waals surface area contributed by atoms with Crippen molar-refractivity contribution in [1.82, 2.24) is 19.5 Å². The van der Waals surface area contributed by atoms with E-state index < -0.39 is 0 Å². The Labute approximate surface area is 322 Å². The largest absolute Gasteiger partial charge is 0.456 e. The first-order valence-electron chi connectivity index (χ1n) is 18.8. The summed E-state index contributed by atoms with van der Waals surface area (Å²) in [6, 6.07) is 67.3. The molecule has 0 bridgehead atoms. The smallest absolute Gasteiger partial charge is 0.166 e. The lowest BCUT2D eigenvalue weighted by Crippen LogP contribution is -2.02. The summed E-state index contributed by atoms with van der Waals surface area (Å²) in [7, 11) is 0. The number of fused-ring (bicyclic) bond motifs is 6. The number of nitrogens with zero attached hydrogens (tertiary/aromatic N) is 4. The highest BCUT2D eigenvalue weighted by Gasteiger charge is 2.22. The van der Waals surface area contributed by atoms with Gasteiger partial charge in [0.2, 0.25) is 0 Å². The fourth-order valence-electron chi connectivity index (χ4n) is 8.14. The van der Waals surface area contributed by atoms with Crippen LogP contribution in [0.2, 0.25) is 0 Å². The lowest BCUT2D eigenvalue weighted by molar-refractivity contribution is 0.669. The zero-order valence-electron chi connectivity index (χ0n) is 30.2. The van der Waals surface area contributed by atoms with Gasteiger partial charge in [-0.05, 0) is 58.7 Å². The molecule has 0 amide bonds. The van der Waals surface area contributed by atoms with Crippen LogP contribution in [0.4, 0.5) is 0 Å². The minimum absolute atomic E-state index is 0.610. The quantitative estimate of drug-likeness (QED) is 0.172. The predicted molar refractivity (Wildman–Crippen MR) is 229 cm³/mol. The maximum Gasteiger partial charge on any atom is 0.166 e. The van der Waals surface area contributed by atoms with Gasteiger partial charge < -0.3 is 8.98 Å². The van der Waals surface area contributed by atoms with E-state index in [9.17, 15) is 0 Å². The molecule has 0 radical (unpaired) electrons. The number of benzene rings is 8. The van der Waals surface area contributed by atoms with Gasteiger partial charge in [0.15, 0.2) is 17.5 Å². The number of hydrogen-bond acceptors (Lipinski definition) is 4. The lowest BCUT2D eigenvalue weighted by Gasteiger charge is -2.13.